The number of hydrogen-bond acceptors (Lipinski definition) is 3. The maximum absolute atomic E-state index is 13.1. The number of aromatic amines is 1. The number of benzene rings is 2. The van der Waals surface area contributed by atoms with Crippen LogP contribution in [-0.2, 0) is 16.4 Å². The number of nitrogens with one attached hydrogen (secondary N) is 2. The van der Waals surface area contributed by atoms with Gasteiger partial charge in [0.15, 0.2) is 0 Å². The van der Waals surface area contributed by atoms with Crippen molar-refractivity contribution in [2.24, 2.45) is 0 Å². The Morgan fingerprint density at radius 1 is 1.10 bits per heavy atom. The molecule has 6 nitrogen and oxygen atoms in total. The molecule has 1 heterocycles. The van der Waals surface area contributed by atoms with Crippen molar-refractivity contribution >= 4 is 26.8 Å². The molecule has 3 aromatic rings. The lowest BCUT2D eigenvalue weighted by molar-refractivity contribution is 0.0954. The Morgan fingerprint density at radius 3 is 2.68 bits per heavy atom. The first-order valence-corrected chi connectivity index (χ1v) is 12.3. The van der Waals surface area contributed by atoms with Gasteiger partial charge in [-0.3, -0.25) is 4.79 Å². The van der Waals surface area contributed by atoms with Crippen LogP contribution in [0.25, 0.3) is 10.9 Å². The van der Waals surface area contributed by atoms with Crippen molar-refractivity contribution in [3.63, 3.8) is 0 Å². The minimum absolute atomic E-state index is 0.0346. The van der Waals surface area contributed by atoms with Gasteiger partial charge in [0.2, 0.25) is 10.0 Å². The number of rotatable bonds is 7. The smallest absolute Gasteiger partial charge is 0.251 e. The first-order chi connectivity index (χ1) is 15.0. The molecule has 0 radical (unpaired) electrons. The van der Waals surface area contributed by atoms with Gasteiger partial charge in [0, 0.05) is 42.3 Å². The van der Waals surface area contributed by atoms with Gasteiger partial charge in [-0.1, -0.05) is 43.5 Å². The highest BCUT2D eigenvalue weighted by atomic mass is 32.2. The Balaban J connectivity index is 1.41. The number of para-hydroxylation sites is 1. The molecule has 1 amide bonds. The number of nitrogens with zero attached hydrogens (tertiary/aromatic N) is 1. The maximum Gasteiger partial charge on any atom is 0.251 e. The highest BCUT2D eigenvalue weighted by Gasteiger charge is 2.29. The van der Waals surface area contributed by atoms with Crippen molar-refractivity contribution in [1.82, 2.24) is 14.6 Å². The maximum atomic E-state index is 13.1. The summed E-state index contributed by atoms with van der Waals surface area (Å²) in [6.07, 6.45) is 7.72. The van der Waals surface area contributed by atoms with E-state index in [0.29, 0.717) is 18.5 Å². The van der Waals surface area contributed by atoms with E-state index in [1.54, 1.807) is 25.2 Å². The molecule has 4 rings (SSSR count). The van der Waals surface area contributed by atoms with Crippen molar-refractivity contribution in [2.75, 3.05) is 13.6 Å². The van der Waals surface area contributed by atoms with Crippen LogP contribution in [0, 0.1) is 0 Å². The first-order valence-electron chi connectivity index (χ1n) is 10.9. The summed E-state index contributed by atoms with van der Waals surface area (Å²) in [5, 5.41) is 4.06. The van der Waals surface area contributed by atoms with Gasteiger partial charge in [0.25, 0.3) is 5.91 Å². The third-order valence-electron chi connectivity index (χ3n) is 6.22. The molecule has 2 N–H and O–H groups in total. The van der Waals surface area contributed by atoms with E-state index in [-0.39, 0.29) is 16.8 Å². The molecule has 2 aromatic carbocycles. The molecule has 1 aliphatic rings. The lowest BCUT2D eigenvalue weighted by Gasteiger charge is -2.30. The zero-order chi connectivity index (χ0) is 21.8. The van der Waals surface area contributed by atoms with Crippen molar-refractivity contribution in [2.45, 2.75) is 49.5 Å². The highest BCUT2D eigenvalue weighted by Crippen LogP contribution is 2.26. The summed E-state index contributed by atoms with van der Waals surface area (Å²) in [7, 11) is -1.97. The van der Waals surface area contributed by atoms with Gasteiger partial charge in [0.1, 0.15) is 0 Å². The Labute approximate surface area is 183 Å². The van der Waals surface area contributed by atoms with Crippen LogP contribution in [0.15, 0.2) is 59.6 Å². The summed E-state index contributed by atoms with van der Waals surface area (Å²) >= 11 is 0. The lowest BCUT2D eigenvalue weighted by Crippen LogP contribution is -2.38. The fourth-order valence-corrected chi connectivity index (χ4v) is 5.82. The second-order valence-corrected chi connectivity index (χ2v) is 10.2. The largest absolute Gasteiger partial charge is 0.361 e. The van der Waals surface area contributed by atoms with Gasteiger partial charge in [-0.2, -0.15) is 4.31 Å². The number of carbonyl (C=O) groups excluding carboxylic acids is 1. The molecule has 7 heteroatoms. The van der Waals surface area contributed by atoms with E-state index < -0.39 is 10.0 Å². The molecule has 1 saturated carbocycles. The number of carbonyl (C=O) groups is 1. The molecule has 1 fully saturated rings. The van der Waals surface area contributed by atoms with E-state index >= 15 is 0 Å². The SMILES string of the molecule is CN(C1CCCCC1)S(=O)(=O)c1cccc(C(=O)NCCc2c[nH]c3ccccc23)c1. The van der Waals surface area contributed by atoms with Crippen LogP contribution in [0.2, 0.25) is 0 Å². The molecule has 0 atom stereocenters. The van der Waals surface area contributed by atoms with Gasteiger partial charge in [-0.15, -0.1) is 0 Å². The van der Waals surface area contributed by atoms with E-state index in [1.165, 1.54) is 16.8 Å². The summed E-state index contributed by atoms with van der Waals surface area (Å²) in [6, 6.07) is 14.4. The van der Waals surface area contributed by atoms with Gasteiger partial charge in [-0.25, -0.2) is 8.42 Å². The predicted molar refractivity (Wildman–Crippen MR) is 123 cm³/mol. The van der Waals surface area contributed by atoms with Gasteiger partial charge in [0.05, 0.1) is 4.90 Å². The van der Waals surface area contributed by atoms with Crippen LogP contribution < -0.4 is 5.32 Å². The molecule has 0 unspecified atom stereocenters. The fraction of sp³-hybridized carbons (Fsp3) is 0.375. The number of H-pyrrole nitrogens is 1. The highest BCUT2D eigenvalue weighted by molar-refractivity contribution is 7.89. The van der Waals surface area contributed by atoms with Crippen molar-refractivity contribution in [3.8, 4) is 0 Å². The van der Waals surface area contributed by atoms with E-state index in [9.17, 15) is 13.2 Å². The topological polar surface area (TPSA) is 82.3 Å². The molecule has 0 aliphatic heterocycles. The molecule has 0 saturated heterocycles. The average Bonchev–Trinajstić information content (AvgIpc) is 3.22. The number of sulfonamides is 1. The van der Waals surface area contributed by atoms with Crippen LogP contribution in [-0.4, -0.2) is 43.2 Å². The zero-order valence-corrected chi connectivity index (χ0v) is 18.6. The number of hydrogen-bond donors (Lipinski definition) is 2. The van der Waals surface area contributed by atoms with E-state index in [1.807, 2.05) is 24.4 Å². The second-order valence-electron chi connectivity index (χ2n) is 8.21. The minimum Gasteiger partial charge on any atom is -0.361 e. The minimum atomic E-state index is -3.63. The molecule has 164 valence electrons. The Kier molecular flexibility index (Phi) is 6.43. The Bertz CT molecular complexity index is 1160. The van der Waals surface area contributed by atoms with Crippen LogP contribution >= 0.6 is 0 Å². The molecule has 1 aliphatic carbocycles. The second kappa shape index (κ2) is 9.24. The quantitative estimate of drug-likeness (QED) is 0.582. The summed E-state index contributed by atoms with van der Waals surface area (Å²) in [6.45, 7) is 0.472. The average molecular weight is 440 g/mol. The van der Waals surface area contributed by atoms with Crippen LogP contribution in [0.5, 0.6) is 0 Å². The van der Waals surface area contributed by atoms with Crippen molar-refractivity contribution in [3.05, 3.63) is 65.9 Å². The number of amides is 1. The summed E-state index contributed by atoms with van der Waals surface area (Å²) in [4.78, 5) is 16.1. The third-order valence-corrected chi connectivity index (χ3v) is 8.12. The normalized spacial score (nSPS) is 15.4. The van der Waals surface area contributed by atoms with E-state index in [2.05, 4.69) is 16.4 Å². The van der Waals surface area contributed by atoms with Crippen molar-refractivity contribution in [1.29, 1.82) is 0 Å². The standard InChI is InChI=1S/C24H29N3O3S/c1-27(20-9-3-2-4-10-20)31(29,30)21-11-7-8-18(16-21)24(28)25-15-14-19-17-26-23-13-6-5-12-22(19)23/h5-8,11-13,16-17,20,26H,2-4,9-10,14-15H2,1H3,(H,25,28). The third kappa shape index (κ3) is 4.67. The summed E-state index contributed by atoms with van der Waals surface area (Å²) < 4.78 is 27.7. The first kappa shape index (κ1) is 21.6. The molecule has 0 spiro atoms. The Morgan fingerprint density at radius 2 is 1.87 bits per heavy atom. The Hall–Kier alpha value is -2.64. The zero-order valence-electron chi connectivity index (χ0n) is 17.8. The van der Waals surface area contributed by atoms with Crippen LogP contribution in [0.4, 0.5) is 0 Å². The number of fused-ring (bicyclic) bond motifs is 1. The van der Waals surface area contributed by atoms with Gasteiger partial charge < -0.3 is 10.3 Å². The summed E-state index contributed by atoms with van der Waals surface area (Å²) in [5.41, 5.74) is 2.57. The number of aromatic nitrogens is 1. The molecular weight excluding hydrogens is 410 g/mol. The molecule has 0 bridgehead atoms. The predicted octanol–water partition coefficient (Wildman–Crippen LogP) is 4.09. The van der Waals surface area contributed by atoms with E-state index in [4.69, 9.17) is 0 Å². The van der Waals surface area contributed by atoms with E-state index in [0.717, 1.165) is 42.1 Å². The molecular formula is C24H29N3O3S. The molecule has 1 aromatic heterocycles. The van der Waals surface area contributed by atoms with Gasteiger partial charge in [-0.05, 0) is 49.1 Å². The summed E-state index contributed by atoms with van der Waals surface area (Å²) in [5.74, 6) is -0.266. The van der Waals surface area contributed by atoms with Crippen LogP contribution in [0.3, 0.4) is 0 Å². The van der Waals surface area contributed by atoms with Crippen molar-refractivity contribution < 1.29 is 13.2 Å². The molecule has 31 heavy (non-hydrogen) atoms. The monoisotopic (exact) mass is 439 g/mol. The van der Waals surface area contributed by atoms with Gasteiger partial charge >= 0.3 is 0 Å². The van der Waals surface area contributed by atoms with Crippen LogP contribution in [0.1, 0.15) is 48.0 Å². The lowest BCUT2D eigenvalue weighted by atomic mass is 9.96. The fourth-order valence-electron chi connectivity index (χ4n) is 4.36.